The summed E-state index contributed by atoms with van der Waals surface area (Å²) < 4.78 is 15.3. The summed E-state index contributed by atoms with van der Waals surface area (Å²) in [6.45, 7) is 0. The van der Waals surface area contributed by atoms with Crippen LogP contribution in [0, 0.1) is 17.1 Å². The monoisotopic (exact) mass is 394 g/mol. The average Bonchev–Trinajstić information content (AvgIpc) is 3.13. The molecule has 4 rings (SSSR count). The first-order chi connectivity index (χ1) is 13.2. The third-order valence-corrected chi connectivity index (χ3v) is 4.31. The number of hydrogen-bond acceptors (Lipinski definition) is 5. The Balaban J connectivity index is 0.00000225. The Kier molecular flexibility index (Phi) is 5.64. The fourth-order valence-corrected chi connectivity index (χ4v) is 3.03. The molecular weight excluding hydrogens is 379 g/mol. The first-order valence-electron chi connectivity index (χ1n) is 8.36. The lowest BCUT2D eigenvalue weighted by Crippen LogP contribution is -2.19. The van der Waals surface area contributed by atoms with E-state index >= 15 is 0 Å². The molecule has 0 radical (unpaired) electrons. The van der Waals surface area contributed by atoms with E-state index in [1.165, 1.54) is 12.1 Å². The molecule has 0 aliphatic rings. The highest BCUT2D eigenvalue weighted by Crippen LogP contribution is 2.24. The smallest absolute Gasteiger partial charge is 0.176 e. The predicted molar refractivity (Wildman–Crippen MR) is 106 cm³/mol. The summed E-state index contributed by atoms with van der Waals surface area (Å²) in [6.07, 6.45) is 3.78. The standard InChI is InChI=1S/C20H15FN6.ClH/c21-15-8-7-14(26-17(15)11-22)10-16(23)20-19(6-3-9-24-20)27-18-5-2-1-4-13(18)12-25-27;/h1-9,12,16H,10,23H2;1H/t16-;/m0./s1. The van der Waals surface area contributed by atoms with Crippen LogP contribution in [0.1, 0.15) is 23.1 Å². The second kappa shape index (κ2) is 8.13. The number of aromatic nitrogens is 4. The van der Waals surface area contributed by atoms with E-state index in [0.29, 0.717) is 17.8 Å². The summed E-state index contributed by atoms with van der Waals surface area (Å²) in [7, 11) is 0. The van der Waals surface area contributed by atoms with E-state index in [1.807, 2.05) is 36.4 Å². The van der Waals surface area contributed by atoms with Crippen molar-refractivity contribution in [1.82, 2.24) is 19.7 Å². The first-order valence-corrected chi connectivity index (χ1v) is 8.36. The summed E-state index contributed by atoms with van der Waals surface area (Å²) >= 11 is 0. The highest BCUT2D eigenvalue weighted by Gasteiger charge is 2.18. The van der Waals surface area contributed by atoms with Crippen molar-refractivity contribution in [3.63, 3.8) is 0 Å². The average molecular weight is 395 g/mol. The molecule has 0 amide bonds. The number of rotatable bonds is 4. The Labute approximate surface area is 166 Å². The maximum atomic E-state index is 13.5. The Morgan fingerprint density at radius 2 is 1.96 bits per heavy atom. The number of nitrogens with zero attached hydrogens (tertiary/aromatic N) is 5. The molecule has 1 aromatic carbocycles. The molecule has 0 saturated carbocycles. The van der Waals surface area contributed by atoms with E-state index in [2.05, 4.69) is 15.1 Å². The van der Waals surface area contributed by atoms with Gasteiger partial charge in [-0.25, -0.2) is 14.1 Å². The Morgan fingerprint density at radius 3 is 2.79 bits per heavy atom. The SMILES string of the molecule is Cl.N#Cc1nc(C[C@H](N)c2ncccc2-n2ncc3ccccc32)ccc1F. The van der Waals surface area contributed by atoms with E-state index < -0.39 is 11.9 Å². The third kappa shape index (κ3) is 3.56. The lowest BCUT2D eigenvalue weighted by Gasteiger charge is -2.15. The van der Waals surface area contributed by atoms with Crippen LogP contribution >= 0.6 is 12.4 Å². The van der Waals surface area contributed by atoms with Crippen molar-refractivity contribution in [2.45, 2.75) is 12.5 Å². The largest absolute Gasteiger partial charge is 0.322 e. The Hall–Kier alpha value is -3.34. The van der Waals surface area contributed by atoms with E-state index in [0.717, 1.165) is 16.6 Å². The van der Waals surface area contributed by atoms with Crippen molar-refractivity contribution in [3.05, 3.63) is 83.8 Å². The summed E-state index contributed by atoms with van der Waals surface area (Å²) in [5.74, 6) is -0.642. The summed E-state index contributed by atoms with van der Waals surface area (Å²) in [4.78, 5) is 8.48. The number of pyridine rings is 2. The highest BCUT2D eigenvalue weighted by molar-refractivity contribution is 5.85. The maximum Gasteiger partial charge on any atom is 0.176 e. The molecule has 1 atom stereocenters. The van der Waals surface area contributed by atoms with Gasteiger partial charge in [-0.2, -0.15) is 10.4 Å². The molecular formula is C20H16ClFN6. The zero-order chi connectivity index (χ0) is 18.8. The number of fused-ring (bicyclic) bond motifs is 1. The number of nitriles is 1. The molecule has 0 unspecified atom stereocenters. The highest BCUT2D eigenvalue weighted by atomic mass is 35.5. The Morgan fingerprint density at radius 1 is 1.14 bits per heavy atom. The van der Waals surface area contributed by atoms with Gasteiger partial charge in [0.2, 0.25) is 0 Å². The van der Waals surface area contributed by atoms with Crippen LogP contribution in [0.5, 0.6) is 0 Å². The molecule has 0 aliphatic heterocycles. The minimum absolute atomic E-state index is 0. The van der Waals surface area contributed by atoms with Crippen LogP contribution in [0.3, 0.4) is 0 Å². The van der Waals surface area contributed by atoms with Gasteiger partial charge in [-0.15, -0.1) is 12.4 Å². The number of para-hydroxylation sites is 1. The van der Waals surface area contributed by atoms with Crippen LogP contribution < -0.4 is 5.73 Å². The van der Waals surface area contributed by atoms with E-state index in [9.17, 15) is 4.39 Å². The van der Waals surface area contributed by atoms with Gasteiger partial charge < -0.3 is 5.73 Å². The quantitative estimate of drug-likeness (QED) is 0.571. The lowest BCUT2D eigenvalue weighted by atomic mass is 10.1. The predicted octanol–water partition coefficient (Wildman–Crippen LogP) is 3.49. The molecule has 2 N–H and O–H groups in total. The summed E-state index contributed by atoms with van der Waals surface area (Å²) in [5, 5.41) is 14.4. The van der Waals surface area contributed by atoms with Gasteiger partial charge in [0.25, 0.3) is 0 Å². The minimum Gasteiger partial charge on any atom is -0.322 e. The van der Waals surface area contributed by atoms with Gasteiger partial charge in [0, 0.05) is 23.7 Å². The lowest BCUT2D eigenvalue weighted by molar-refractivity contribution is 0.608. The Bertz CT molecular complexity index is 1170. The summed E-state index contributed by atoms with van der Waals surface area (Å²) in [6, 6.07) is 15.6. The second-order valence-electron chi connectivity index (χ2n) is 6.08. The van der Waals surface area contributed by atoms with Crippen molar-refractivity contribution >= 4 is 23.3 Å². The van der Waals surface area contributed by atoms with E-state index in [1.54, 1.807) is 23.1 Å². The van der Waals surface area contributed by atoms with Crippen LogP contribution in [0.2, 0.25) is 0 Å². The molecule has 0 spiro atoms. The fraction of sp³-hybridized carbons (Fsp3) is 0.100. The number of benzene rings is 1. The molecule has 28 heavy (non-hydrogen) atoms. The van der Waals surface area contributed by atoms with Crippen molar-refractivity contribution < 1.29 is 4.39 Å². The molecule has 6 nitrogen and oxygen atoms in total. The van der Waals surface area contributed by atoms with Gasteiger partial charge in [0.1, 0.15) is 6.07 Å². The van der Waals surface area contributed by atoms with Crippen LogP contribution in [0.4, 0.5) is 4.39 Å². The minimum atomic E-state index is -0.642. The summed E-state index contributed by atoms with van der Waals surface area (Å²) in [5.41, 5.74) is 9.05. The molecule has 3 heterocycles. The number of nitrogens with two attached hydrogens (primary N) is 1. The van der Waals surface area contributed by atoms with Crippen molar-refractivity contribution in [2.24, 2.45) is 5.73 Å². The maximum absolute atomic E-state index is 13.5. The zero-order valence-electron chi connectivity index (χ0n) is 14.7. The van der Waals surface area contributed by atoms with Crippen molar-refractivity contribution in [3.8, 4) is 11.8 Å². The van der Waals surface area contributed by atoms with Crippen LogP contribution in [-0.4, -0.2) is 19.7 Å². The van der Waals surface area contributed by atoms with Gasteiger partial charge in [0.15, 0.2) is 11.5 Å². The van der Waals surface area contributed by atoms with E-state index in [-0.39, 0.29) is 18.1 Å². The number of halogens is 2. The topological polar surface area (TPSA) is 93.4 Å². The van der Waals surface area contributed by atoms with Crippen LogP contribution in [0.15, 0.2) is 60.9 Å². The van der Waals surface area contributed by atoms with Gasteiger partial charge in [-0.1, -0.05) is 18.2 Å². The van der Waals surface area contributed by atoms with Gasteiger partial charge in [0.05, 0.1) is 29.1 Å². The van der Waals surface area contributed by atoms with Gasteiger partial charge in [-0.05, 0) is 30.3 Å². The van der Waals surface area contributed by atoms with Crippen LogP contribution in [0.25, 0.3) is 16.6 Å². The van der Waals surface area contributed by atoms with Gasteiger partial charge >= 0.3 is 0 Å². The molecule has 0 aliphatic carbocycles. The second-order valence-corrected chi connectivity index (χ2v) is 6.08. The molecule has 0 fully saturated rings. The first kappa shape index (κ1) is 19.4. The van der Waals surface area contributed by atoms with Crippen molar-refractivity contribution in [2.75, 3.05) is 0 Å². The third-order valence-electron chi connectivity index (χ3n) is 4.31. The van der Waals surface area contributed by atoms with Gasteiger partial charge in [-0.3, -0.25) is 4.98 Å². The fourth-order valence-electron chi connectivity index (χ4n) is 3.03. The molecule has 0 bridgehead atoms. The van der Waals surface area contributed by atoms with E-state index in [4.69, 9.17) is 11.0 Å². The molecule has 4 aromatic rings. The van der Waals surface area contributed by atoms with Crippen molar-refractivity contribution in [1.29, 1.82) is 5.26 Å². The number of hydrogen-bond donors (Lipinski definition) is 1. The molecule has 0 saturated heterocycles. The molecule has 3 aromatic heterocycles. The van der Waals surface area contributed by atoms with Crippen LogP contribution in [-0.2, 0) is 6.42 Å². The molecule has 140 valence electrons. The normalized spacial score (nSPS) is 11.6. The molecule has 8 heteroatoms. The zero-order valence-corrected chi connectivity index (χ0v) is 15.5.